The van der Waals surface area contributed by atoms with E-state index in [1.807, 2.05) is 24.2 Å². The fourth-order valence-electron chi connectivity index (χ4n) is 2.31. The van der Waals surface area contributed by atoms with Crippen LogP contribution in [0, 0.1) is 0 Å². The van der Waals surface area contributed by atoms with Gasteiger partial charge in [-0.2, -0.15) is 5.10 Å². The molecule has 2 heterocycles. The Morgan fingerprint density at radius 3 is 2.50 bits per heavy atom. The van der Waals surface area contributed by atoms with Crippen molar-refractivity contribution in [2.45, 2.75) is 26.3 Å². The second-order valence-corrected chi connectivity index (χ2v) is 5.17. The average molecular weight is 250 g/mol. The molecular formula is C13H22N4O. The third-order valence-electron chi connectivity index (χ3n) is 3.50. The highest BCUT2D eigenvalue weighted by atomic mass is 16.2. The van der Waals surface area contributed by atoms with Crippen molar-refractivity contribution < 1.29 is 4.79 Å². The van der Waals surface area contributed by atoms with E-state index in [1.165, 1.54) is 0 Å². The molecule has 0 radical (unpaired) electrons. The number of aromatic nitrogens is 2. The lowest BCUT2D eigenvalue weighted by Crippen LogP contribution is -2.51. The third kappa shape index (κ3) is 3.10. The van der Waals surface area contributed by atoms with Gasteiger partial charge in [-0.3, -0.25) is 14.4 Å². The Morgan fingerprint density at radius 1 is 1.33 bits per heavy atom. The first kappa shape index (κ1) is 13.1. The minimum atomic E-state index is 0.192. The van der Waals surface area contributed by atoms with Crippen molar-refractivity contribution in [2.24, 2.45) is 7.05 Å². The predicted octanol–water partition coefficient (Wildman–Crippen LogP) is 0.515. The molecule has 0 bridgehead atoms. The first-order valence-electron chi connectivity index (χ1n) is 6.56. The SMILES string of the molecule is CC(C)N1CCN(C(=O)Cc2ccn(C)n2)CC1. The van der Waals surface area contributed by atoms with Crippen molar-refractivity contribution in [1.82, 2.24) is 19.6 Å². The summed E-state index contributed by atoms with van der Waals surface area (Å²) in [5, 5.41) is 4.25. The van der Waals surface area contributed by atoms with Gasteiger partial charge in [-0.15, -0.1) is 0 Å². The van der Waals surface area contributed by atoms with E-state index in [4.69, 9.17) is 0 Å². The molecule has 0 N–H and O–H groups in total. The Labute approximate surface area is 108 Å². The van der Waals surface area contributed by atoms with E-state index >= 15 is 0 Å². The quantitative estimate of drug-likeness (QED) is 0.785. The van der Waals surface area contributed by atoms with Crippen molar-refractivity contribution >= 4 is 5.91 Å². The lowest BCUT2D eigenvalue weighted by molar-refractivity contribution is -0.132. The fraction of sp³-hybridized carbons (Fsp3) is 0.692. The van der Waals surface area contributed by atoms with Gasteiger partial charge in [0.1, 0.15) is 0 Å². The monoisotopic (exact) mass is 250 g/mol. The number of hydrogen-bond donors (Lipinski definition) is 0. The maximum atomic E-state index is 12.1. The standard InChI is InChI=1S/C13H22N4O/c1-11(2)16-6-8-17(9-7-16)13(18)10-12-4-5-15(3)14-12/h4-5,11H,6-10H2,1-3H3. The van der Waals surface area contributed by atoms with Crippen LogP contribution in [0.1, 0.15) is 19.5 Å². The minimum Gasteiger partial charge on any atom is -0.340 e. The van der Waals surface area contributed by atoms with Crippen LogP contribution in [0.25, 0.3) is 0 Å². The molecule has 100 valence electrons. The molecule has 0 unspecified atom stereocenters. The Kier molecular flexibility index (Phi) is 4.01. The van der Waals surface area contributed by atoms with Crippen LogP contribution in [0.3, 0.4) is 0 Å². The van der Waals surface area contributed by atoms with Gasteiger partial charge in [0, 0.05) is 45.5 Å². The molecular weight excluding hydrogens is 228 g/mol. The van der Waals surface area contributed by atoms with Crippen molar-refractivity contribution in [1.29, 1.82) is 0 Å². The molecule has 1 aromatic rings. The van der Waals surface area contributed by atoms with Gasteiger partial charge in [0.05, 0.1) is 12.1 Å². The van der Waals surface area contributed by atoms with E-state index in [-0.39, 0.29) is 5.91 Å². The summed E-state index contributed by atoms with van der Waals surface area (Å²) in [6, 6.07) is 2.47. The molecule has 0 atom stereocenters. The van der Waals surface area contributed by atoms with Crippen molar-refractivity contribution in [3.63, 3.8) is 0 Å². The molecule has 0 spiro atoms. The number of aryl methyl sites for hydroxylation is 1. The average Bonchev–Trinajstić information content (AvgIpc) is 2.75. The molecule has 2 rings (SSSR count). The van der Waals surface area contributed by atoms with E-state index < -0.39 is 0 Å². The first-order valence-corrected chi connectivity index (χ1v) is 6.56. The largest absolute Gasteiger partial charge is 0.340 e. The zero-order valence-corrected chi connectivity index (χ0v) is 11.5. The number of carbonyl (C=O) groups is 1. The molecule has 0 saturated carbocycles. The van der Waals surface area contributed by atoms with E-state index in [1.54, 1.807) is 4.68 Å². The van der Waals surface area contributed by atoms with Gasteiger partial charge in [0.2, 0.25) is 5.91 Å². The first-order chi connectivity index (χ1) is 8.56. The number of carbonyl (C=O) groups excluding carboxylic acids is 1. The third-order valence-corrected chi connectivity index (χ3v) is 3.50. The van der Waals surface area contributed by atoms with Crippen LogP contribution in [0.4, 0.5) is 0 Å². The van der Waals surface area contributed by atoms with E-state index in [2.05, 4.69) is 23.8 Å². The number of rotatable bonds is 3. The predicted molar refractivity (Wildman–Crippen MR) is 70.2 cm³/mol. The highest BCUT2D eigenvalue weighted by Gasteiger charge is 2.22. The number of hydrogen-bond acceptors (Lipinski definition) is 3. The highest BCUT2D eigenvalue weighted by Crippen LogP contribution is 2.08. The fourth-order valence-corrected chi connectivity index (χ4v) is 2.31. The Hall–Kier alpha value is -1.36. The Balaban J connectivity index is 1.84. The molecule has 0 aromatic carbocycles. The molecule has 1 aliphatic rings. The maximum absolute atomic E-state index is 12.1. The van der Waals surface area contributed by atoms with Gasteiger partial charge in [-0.25, -0.2) is 0 Å². The molecule has 1 aromatic heterocycles. The Bertz CT molecular complexity index is 405. The zero-order valence-electron chi connectivity index (χ0n) is 11.5. The van der Waals surface area contributed by atoms with Crippen LogP contribution in [0.15, 0.2) is 12.3 Å². The summed E-state index contributed by atoms with van der Waals surface area (Å²) in [6.45, 7) is 8.03. The van der Waals surface area contributed by atoms with Crippen molar-refractivity contribution in [2.75, 3.05) is 26.2 Å². The van der Waals surface area contributed by atoms with E-state index in [0.717, 1.165) is 31.9 Å². The lowest BCUT2D eigenvalue weighted by atomic mass is 10.2. The van der Waals surface area contributed by atoms with Crippen LogP contribution >= 0.6 is 0 Å². The number of amides is 1. The number of piperazine rings is 1. The topological polar surface area (TPSA) is 41.4 Å². The molecule has 1 aliphatic heterocycles. The van der Waals surface area contributed by atoms with Crippen LogP contribution in [-0.2, 0) is 18.3 Å². The second-order valence-electron chi connectivity index (χ2n) is 5.17. The summed E-state index contributed by atoms with van der Waals surface area (Å²) in [5.41, 5.74) is 0.855. The number of nitrogens with zero attached hydrogens (tertiary/aromatic N) is 4. The van der Waals surface area contributed by atoms with Gasteiger partial charge < -0.3 is 4.90 Å². The molecule has 5 heteroatoms. The molecule has 18 heavy (non-hydrogen) atoms. The summed E-state index contributed by atoms with van der Waals surface area (Å²) < 4.78 is 1.74. The van der Waals surface area contributed by atoms with Crippen LogP contribution in [-0.4, -0.2) is 57.7 Å². The van der Waals surface area contributed by atoms with Crippen LogP contribution < -0.4 is 0 Å². The maximum Gasteiger partial charge on any atom is 0.228 e. The Morgan fingerprint density at radius 2 is 2.00 bits per heavy atom. The lowest BCUT2D eigenvalue weighted by Gasteiger charge is -2.36. The van der Waals surface area contributed by atoms with Gasteiger partial charge in [-0.1, -0.05) is 0 Å². The summed E-state index contributed by atoms with van der Waals surface area (Å²) in [7, 11) is 1.87. The van der Waals surface area contributed by atoms with E-state index in [0.29, 0.717) is 12.5 Å². The van der Waals surface area contributed by atoms with Gasteiger partial charge in [-0.05, 0) is 19.9 Å². The van der Waals surface area contributed by atoms with Crippen molar-refractivity contribution in [3.05, 3.63) is 18.0 Å². The summed E-state index contributed by atoms with van der Waals surface area (Å²) >= 11 is 0. The summed E-state index contributed by atoms with van der Waals surface area (Å²) in [4.78, 5) is 16.5. The zero-order chi connectivity index (χ0) is 13.1. The van der Waals surface area contributed by atoms with E-state index in [9.17, 15) is 4.79 Å². The normalized spacial score (nSPS) is 17.4. The highest BCUT2D eigenvalue weighted by molar-refractivity contribution is 5.78. The van der Waals surface area contributed by atoms with Crippen molar-refractivity contribution in [3.8, 4) is 0 Å². The second kappa shape index (κ2) is 5.52. The summed E-state index contributed by atoms with van der Waals surface area (Å²) in [5.74, 6) is 0.192. The van der Waals surface area contributed by atoms with Gasteiger partial charge >= 0.3 is 0 Å². The van der Waals surface area contributed by atoms with Crippen LogP contribution in [0.5, 0.6) is 0 Å². The minimum absolute atomic E-state index is 0.192. The molecule has 1 saturated heterocycles. The van der Waals surface area contributed by atoms with Gasteiger partial charge in [0.15, 0.2) is 0 Å². The molecule has 1 amide bonds. The van der Waals surface area contributed by atoms with Gasteiger partial charge in [0.25, 0.3) is 0 Å². The van der Waals surface area contributed by atoms with Crippen LogP contribution in [0.2, 0.25) is 0 Å². The molecule has 0 aliphatic carbocycles. The smallest absolute Gasteiger partial charge is 0.228 e. The molecule has 5 nitrogen and oxygen atoms in total. The molecule has 1 fully saturated rings. The summed E-state index contributed by atoms with van der Waals surface area (Å²) in [6.07, 6.45) is 2.29.